The number of rotatable bonds is 4. The zero-order valence-corrected chi connectivity index (χ0v) is 12.6. The molecule has 0 aliphatic carbocycles. The SMILES string of the molecule is CC(N)C(=O)N1CC(NC(=O)c2ccccc2)CC1OC(=O)O. The lowest BCUT2D eigenvalue weighted by atomic mass is 10.2. The molecule has 1 aliphatic heterocycles. The Balaban J connectivity index is 2.05. The van der Waals surface area contributed by atoms with Crippen molar-refractivity contribution in [3.8, 4) is 0 Å². The minimum Gasteiger partial charge on any atom is -0.450 e. The summed E-state index contributed by atoms with van der Waals surface area (Å²) in [6.45, 7) is 1.66. The van der Waals surface area contributed by atoms with Gasteiger partial charge < -0.3 is 25.8 Å². The lowest BCUT2D eigenvalue weighted by Crippen LogP contribution is -2.46. The van der Waals surface area contributed by atoms with Gasteiger partial charge in [-0.1, -0.05) is 18.2 Å². The van der Waals surface area contributed by atoms with E-state index in [1.54, 1.807) is 30.3 Å². The molecule has 1 heterocycles. The Morgan fingerprint density at radius 2 is 2.00 bits per heavy atom. The highest BCUT2D eigenvalue weighted by molar-refractivity contribution is 5.94. The number of nitrogens with zero attached hydrogens (tertiary/aromatic N) is 1. The molecule has 1 aromatic carbocycles. The fourth-order valence-electron chi connectivity index (χ4n) is 2.48. The van der Waals surface area contributed by atoms with Gasteiger partial charge in [0.1, 0.15) is 0 Å². The van der Waals surface area contributed by atoms with E-state index in [0.29, 0.717) is 5.56 Å². The maximum absolute atomic E-state index is 12.1. The maximum atomic E-state index is 12.1. The molecule has 0 spiro atoms. The van der Waals surface area contributed by atoms with E-state index in [9.17, 15) is 14.4 Å². The van der Waals surface area contributed by atoms with E-state index in [4.69, 9.17) is 15.6 Å². The van der Waals surface area contributed by atoms with Crippen molar-refractivity contribution < 1.29 is 24.2 Å². The van der Waals surface area contributed by atoms with E-state index < -0.39 is 30.4 Å². The van der Waals surface area contributed by atoms with Gasteiger partial charge in [-0.2, -0.15) is 0 Å². The summed E-state index contributed by atoms with van der Waals surface area (Å²) in [6.07, 6.45) is -2.25. The van der Waals surface area contributed by atoms with Gasteiger partial charge in [0.15, 0.2) is 6.23 Å². The van der Waals surface area contributed by atoms with Crippen molar-refractivity contribution in [1.29, 1.82) is 0 Å². The molecule has 23 heavy (non-hydrogen) atoms. The van der Waals surface area contributed by atoms with Crippen LogP contribution in [0.3, 0.4) is 0 Å². The summed E-state index contributed by atoms with van der Waals surface area (Å²) < 4.78 is 4.73. The van der Waals surface area contributed by atoms with Gasteiger partial charge in [0.2, 0.25) is 5.91 Å². The molecule has 2 amide bonds. The number of hydrogen-bond donors (Lipinski definition) is 3. The largest absolute Gasteiger partial charge is 0.507 e. The van der Waals surface area contributed by atoms with Gasteiger partial charge in [0, 0.05) is 18.5 Å². The van der Waals surface area contributed by atoms with Crippen LogP contribution in [0.15, 0.2) is 30.3 Å². The molecule has 3 atom stereocenters. The van der Waals surface area contributed by atoms with Crippen LogP contribution in [0, 0.1) is 0 Å². The standard InChI is InChI=1S/C15H19N3O5/c1-9(16)14(20)18-8-11(7-12(18)23-15(21)22)17-13(19)10-5-3-2-4-6-10/h2-6,9,11-12H,7-8,16H2,1H3,(H,17,19)(H,21,22). The van der Waals surface area contributed by atoms with Crippen molar-refractivity contribution in [2.24, 2.45) is 5.73 Å². The van der Waals surface area contributed by atoms with E-state index in [0.717, 1.165) is 0 Å². The Morgan fingerprint density at radius 1 is 1.35 bits per heavy atom. The molecule has 1 saturated heterocycles. The Kier molecular flexibility index (Phi) is 5.17. The van der Waals surface area contributed by atoms with E-state index >= 15 is 0 Å². The molecule has 2 rings (SSSR count). The number of benzene rings is 1. The number of carbonyl (C=O) groups is 3. The molecule has 1 aromatic rings. The fraction of sp³-hybridized carbons (Fsp3) is 0.400. The second-order valence-electron chi connectivity index (χ2n) is 5.39. The highest BCUT2D eigenvalue weighted by Crippen LogP contribution is 2.20. The van der Waals surface area contributed by atoms with E-state index in [2.05, 4.69) is 5.32 Å². The van der Waals surface area contributed by atoms with Crippen LogP contribution in [0.1, 0.15) is 23.7 Å². The molecule has 4 N–H and O–H groups in total. The third-order valence-corrected chi connectivity index (χ3v) is 3.53. The van der Waals surface area contributed by atoms with Gasteiger partial charge in [-0.05, 0) is 19.1 Å². The highest BCUT2D eigenvalue weighted by atomic mass is 16.7. The molecule has 0 bridgehead atoms. The zero-order chi connectivity index (χ0) is 17.0. The number of carbonyl (C=O) groups excluding carboxylic acids is 2. The summed E-state index contributed by atoms with van der Waals surface area (Å²) in [5.74, 6) is -0.715. The Labute approximate surface area is 133 Å². The molecule has 1 fully saturated rings. The number of hydrogen-bond acceptors (Lipinski definition) is 5. The van der Waals surface area contributed by atoms with Crippen molar-refractivity contribution in [2.75, 3.05) is 6.54 Å². The minimum atomic E-state index is -1.48. The monoisotopic (exact) mass is 321 g/mol. The lowest BCUT2D eigenvalue weighted by Gasteiger charge is -2.24. The van der Waals surface area contributed by atoms with Crippen LogP contribution in [0.2, 0.25) is 0 Å². The average molecular weight is 321 g/mol. The van der Waals surface area contributed by atoms with Gasteiger partial charge in [-0.15, -0.1) is 0 Å². The van der Waals surface area contributed by atoms with Crippen molar-refractivity contribution >= 4 is 18.0 Å². The van der Waals surface area contributed by atoms with Gasteiger partial charge in [0.25, 0.3) is 5.91 Å². The maximum Gasteiger partial charge on any atom is 0.507 e. The molecule has 3 unspecified atom stereocenters. The first kappa shape index (κ1) is 16.8. The van der Waals surface area contributed by atoms with Gasteiger partial charge in [0.05, 0.1) is 12.1 Å². The first-order valence-corrected chi connectivity index (χ1v) is 7.20. The van der Waals surface area contributed by atoms with Crippen LogP contribution >= 0.6 is 0 Å². The van der Waals surface area contributed by atoms with Gasteiger partial charge in [-0.3, -0.25) is 9.59 Å². The van der Waals surface area contributed by atoms with Crippen LogP contribution in [-0.4, -0.2) is 52.8 Å². The second-order valence-corrected chi connectivity index (χ2v) is 5.39. The number of ether oxygens (including phenoxy) is 1. The van der Waals surface area contributed by atoms with Gasteiger partial charge in [-0.25, -0.2) is 4.79 Å². The molecular formula is C15H19N3O5. The summed E-state index contributed by atoms with van der Waals surface area (Å²) in [7, 11) is 0. The molecule has 0 saturated carbocycles. The number of nitrogens with one attached hydrogen (secondary N) is 1. The number of carboxylic acid groups (broad SMARTS) is 1. The first-order valence-electron chi connectivity index (χ1n) is 7.20. The third-order valence-electron chi connectivity index (χ3n) is 3.53. The summed E-state index contributed by atoms with van der Waals surface area (Å²) >= 11 is 0. The van der Waals surface area contributed by atoms with Crippen LogP contribution in [0.4, 0.5) is 4.79 Å². The van der Waals surface area contributed by atoms with Crippen molar-refractivity contribution in [3.63, 3.8) is 0 Å². The zero-order valence-electron chi connectivity index (χ0n) is 12.6. The Hall–Kier alpha value is -2.61. The van der Waals surface area contributed by atoms with Crippen LogP contribution < -0.4 is 11.1 Å². The third kappa shape index (κ3) is 4.19. The summed E-state index contributed by atoms with van der Waals surface area (Å²) in [5, 5.41) is 11.6. The first-order chi connectivity index (χ1) is 10.9. The quantitative estimate of drug-likeness (QED) is 0.689. The molecule has 124 valence electrons. The van der Waals surface area contributed by atoms with Crippen molar-refractivity contribution in [2.45, 2.75) is 31.7 Å². The Bertz CT molecular complexity index is 590. The molecule has 8 heteroatoms. The predicted octanol–water partition coefficient (Wildman–Crippen LogP) is 0.385. The number of likely N-dealkylation sites (tertiary alicyclic amines) is 1. The molecular weight excluding hydrogens is 302 g/mol. The number of amides is 2. The van der Waals surface area contributed by atoms with E-state index in [1.165, 1.54) is 11.8 Å². The molecule has 0 radical (unpaired) electrons. The summed E-state index contributed by atoms with van der Waals surface area (Å²) in [6, 6.07) is 7.43. The predicted molar refractivity (Wildman–Crippen MR) is 80.6 cm³/mol. The fourth-order valence-corrected chi connectivity index (χ4v) is 2.48. The van der Waals surface area contributed by atoms with Gasteiger partial charge >= 0.3 is 6.16 Å². The molecule has 1 aliphatic rings. The number of nitrogens with two attached hydrogens (primary N) is 1. The Morgan fingerprint density at radius 3 is 2.57 bits per heavy atom. The summed E-state index contributed by atoms with van der Waals surface area (Å²) in [5.41, 5.74) is 6.05. The van der Waals surface area contributed by atoms with E-state index in [1.807, 2.05) is 0 Å². The van der Waals surface area contributed by atoms with Crippen molar-refractivity contribution in [3.05, 3.63) is 35.9 Å². The normalized spacial score (nSPS) is 21.6. The average Bonchev–Trinajstić information content (AvgIpc) is 2.88. The minimum absolute atomic E-state index is 0.150. The van der Waals surface area contributed by atoms with Crippen LogP contribution in [0.25, 0.3) is 0 Å². The molecule has 8 nitrogen and oxygen atoms in total. The lowest BCUT2D eigenvalue weighted by molar-refractivity contribution is -0.139. The highest BCUT2D eigenvalue weighted by Gasteiger charge is 2.39. The van der Waals surface area contributed by atoms with E-state index in [-0.39, 0.29) is 18.9 Å². The van der Waals surface area contributed by atoms with Crippen molar-refractivity contribution in [1.82, 2.24) is 10.2 Å². The van der Waals surface area contributed by atoms with Crippen LogP contribution in [0.5, 0.6) is 0 Å². The van der Waals surface area contributed by atoms with Crippen LogP contribution in [-0.2, 0) is 9.53 Å². The summed E-state index contributed by atoms with van der Waals surface area (Å²) in [4.78, 5) is 36.2. The smallest absolute Gasteiger partial charge is 0.450 e. The molecule has 0 aromatic heterocycles. The second kappa shape index (κ2) is 7.10. The topological polar surface area (TPSA) is 122 Å².